The molecular weight excluding hydrogens is 372 g/mol. The standard InChI is InChI=1S/C14H21BrN2O2S2/c1-9-5-13(20-14(9)15)21(18,19)16-8-10-6-11-3-4-12(7-10)17(11)2/h5,10-12,16H,3-4,6-8H2,1-2H3. The smallest absolute Gasteiger partial charge is 0.250 e. The van der Waals surface area contributed by atoms with Crippen LogP contribution in [0.1, 0.15) is 31.2 Å². The second kappa shape index (κ2) is 5.92. The molecule has 21 heavy (non-hydrogen) atoms. The molecule has 1 aromatic rings. The molecule has 118 valence electrons. The van der Waals surface area contributed by atoms with Gasteiger partial charge >= 0.3 is 0 Å². The van der Waals surface area contributed by atoms with Crippen molar-refractivity contribution in [3.8, 4) is 0 Å². The van der Waals surface area contributed by atoms with E-state index in [9.17, 15) is 8.42 Å². The maximum absolute atomic E-state index is 12.4. The van der Waals surface area contributed by atoms with Gasteiger partial charge in [0.05, 0.1) is 3.79 Å². The zero-order valence-corrected chi connectivity index (χ0v) is 15.5. The quantitative estimate of drug-likeness (QED) is 0.856. The Morgan fingerprint density at radius 2 is 2.00 bits per heavy atom. The van der Waals surface area contributed by atoms with Crippen molar-refractivity contribution in [2.24, 2.45) is 5.92 Å². The summed E-state index contributed by atoms with van der Waals surface area (Å²) in [5.74, 6) is 0.470. The van der Waals surface area contributed by atoms with Crippen LogP contribution in [0.2, 0.25) is 0 Å². The normalized spacial score (nSPS) is 30.0. The van der Waals surface area contributed by atoms with Crippen molar-refractivity contribution < 1.29 is 8.42 Å². The van der Waals surface area contributed by atoms with Crippen LogP contribution in [0.4, 0.5) is 0 Å². The fourth-order valence-corrected chi connectivity index (χ4v) is 6.94. The summed E-state index contributed by atoms with van der Waals surface area (Å²) >= 11 is 4.67. The van der Waals surface area contributed by atoms with Gasteiger partial charge in [-0.25, -0.2) is 13.1 Å². The Labute approximate surface area is 139 Å². The van der Waals surface area contributed by atoms with Crippen molar-refractivity contribution in [3.05, 3.63) is 15.4 Å². The Kier molecular flexibility index (Phi) is 4.49. The molecule has 2 aliphatic rings. The Morgan fingerprint density at radius 1 is 1.38 bits per heavy atom. The van der Waals surface area contributed by atoms with Gasteiger partial charge in [-0.3, -0.25) is 0 Å². The largest absolute Gasteiger partial charge is 0.300 e. The maximum Gasteiger partial charge on any atom is 0.250 e. The summed E-state index contributed by atoms with van der Waals surface area (Å²) in [4.78, 5) is 2.48. The molecule has 0 amide bonds. The van der Waals surface area contributed by atoms with E-state index in [0.717, 1.165) is 22.2 Å². The molecule has 2 bridgehead atoms. The first-order valence-electron chi connectivity index (χ1n) is 7.34. The molecule has 0 spiro atoms. The third-order valence-electron chi connectivity index (χ3n) is 4.86. The molecule has 0 saturated carbocycles. The van der Waals surface area contributed by atoms with Crippen LogP contribution in [0.15, 0.2) is 14.1 Å². The summed E-state index contributed by atoms with van der Waals surface area (Å²) in [5.41, 5.74) is 0.970. The highest BCUT2D eigenvalue weighted by molar-refractivity contribution is 9.11. The fraction of sp³-hybridized carbons (Fsp3) is 0.714. The average molecular weight is 393 g/mol. The predicted octanol–water partition coefficient (Wildman–Crippen LogP) is 2.97. The van der Waals surface area contributed by atoms with Gasteiger partial charge < -0.3 is 4.90 Å². The third-order valence-corrected chi connectivity index (χ3v) is 8.89. The van der Waals surface area contributed by atoms with E-state index in [2.05, 4.69) is 32.6 Å². The summed E-state index contributed by atoms with van der Waals surface area (Å²) in [5, 5.41) is 0. The highest BCUT2D eigenvalue weighted by Gasteiger charge is 2.38. The van der Waals surface area contributed by atoms with Gasteiger partial charge in [0.15, 0.2) is 0 Å². The molecule has 2 atom stereocenters. The summed E-state index contributed by atoms with van der Waals surface area (Å²) in [7, 11) is -1.16. The SMILES string of the molecule is Cc1cc(S(=O)(=O)NCC2CC3CCC(C2)N3C)sc1Br. The number of halogens is 1. The number of hydrogen-bond acceptors (Lipinski definition) is 4. The summed E-state index contributed by atoms with van der Waals surface area (Å²) in [6.07, 6.45) is 4.76. The van der Waals surface area contributed by atoms with Crippen molar-refractivity contribution in [1.82, 2.24) is 9.62 Å². The van der Waals surface area contributed by atoms with Gasteiger partial charge in [0.25, 0.3) is 0 Å². The van der Waals surface area contributed by atoms with Crippen LogP contribution in [0.3, 0.4) is 0 Å². The molecule has 2 fully saturated rings. The number of piperidine rings is 1. The molecule has 1 aromatic heterocycles. The second-order valence-corrected chi connectivity index (χ2v) is 10.6. The molecule has 2 saturated heterocycles. The number of sulfonamides is 1. The van der Waals surface area contributed by atoms with Crippen molar-refractivity contribution in [2.45, 2.75) is 48.9 Å². The fourth-order valence-electron chi connectivity index (χ4n) is 3.55. The van der Waals surface area contributed by atoms with E-state index in [1.54, 1.807) is 6.07 Å². The molecule has 3 rings (SSSR count). The van der Waals surface area contributed by atoms with Gasteiger partial charge in [-0.2, -0.15) is 0 Å². The lowest BCUT2D eigenvalue weighted by molar-refractivity contribution is 0.135. The van der Waals surface area contributed by atoms with Crippen molar-refractivity contribution in [3.63, 3.8) is 0 Å². The van der Waals surface area contributed by atoms with Crippen LogP contribution in [-0.4, -0.2) is 39.0 Å². The lowest BCUT2D eigenvalue weighted by atomic mass is 9.91. The molecule has 2 aliphatic heterocycles. The van der Waals surface area contributed by atoms with E-state index >= 15 is 0 Å². The number of hydrogen-bond donors (Lipinski definition) is 1. The molecule has 0 aliphatic carbocycles. The van der Waals surface area contributed by atoms with E-state index in [0.29, 0.717) is 28.8 Å². The van der Waals surface area contributed by atoms with E-state index in [1.807, 2.05) is 6.92 Å². The number of fused-ring (bicyclic) bond motifs is 2. The van der Waals surface area contributed by atoms with Gasteiger partial charge in [-0.05, 0) is 73.1 Å². The number of rotatable bonds is 4. The minimum absolute atomic E-state index is 0.405. The van der Waals surface area contributed by atoms with Crippen molar-refractivity contribution >= 4 is 37.3 Å². The van der Waals surface area contributed by atoms with Crippen LogP contribution in [0, 0.1) is 12.8 Å². The van der Waals surface area contributed by atoms with Crippen LogP contribution >= 0.6 is 27.3 Å². The predicted molar refractivity (Wildman–Crippen MR) is 89.2 cm³/mol. The summed E-state index contributed by atoms with van der Waals surface area (Å²) in [6.45, 7) is 2.48. The molecular formula is C14H21BrN2O2S2. The lowest BCUT2D eigenvalue weighted by Gasteiger charge is -2.36. The first-order valence-corrected chi connectivity index (χ1v) is 10.4. The van der Waals surface area contributed by atoms with E-state index in [1.165, 1.54) is 24.2 Å². The topological polar surface area (TPSA) is 49.4 Å². The highest BCUT2D eigenvalue weighted by Crippen LogP contribution is 2.37. The van der Waals surface area contributed by atoms with Gasteiger partial charge in [-0.15, -0.1) is 11.3 Å². The molecule has 7 heteroatoms. The van der Waals surface area contributed by atoms with Gasteiger partial charge in [0.1, 0.15) is 4.21 Å². The zero-order chi connectivity index (χ0) is 15.2. The number of nitrogens with zero attached hydrogens (tertiary/aromatic N) is 1. The van der Waals surface area contributed by atoms with E-state index < -0.39 is 10.0 Å². The van der Waals surface area contributed by atoms with Gasteiger partial charge in [0.2, 0.25) is 10.0 Å². The zero-order valence-electron chi connectivity index (χ0n) is 12.3. The third kappa shape index (κ3) is 3.22. The van der Waals surface area contributed by atoms with Crippen molar-refractivity contribution in [1.29, 1.82) is 0 Å². The number of aryl methyl sites for hydroxylation is 1. The highest BCUT2D eigenvalue weighted by atomic mass is 79.9. The summed E-state index contributed by atoms with van der Waals surface area (Å²) < 4.78 is 28.8. The number of nitrogens with one attached hydrogen (secondary N) is 1. The molecule has 0 aromatic carbocycles. The van der Waals surface area contributed by atoms with E-state index in [-0.39, 0.29) is 0 Å². The monoisotopic (exact) mass is 392 g/mol. The van der Waals surface area contributed by atoms with Crippen LogP contribution in [0.25, 0.3) is 0 Å². The Morgan fingerprint density at radius 3 is 2.52 bits per heavy atom. The minimum atomic E-state index is -3.36. The maximum atomic E-state index is 12.4. The first-order chi connectivity index (χ1) is 9.87. The van der Waals surface area contributed by atoms with Crippen LogP contribution < -0.4 is 4.72 Å². The Balaban J connectivity index is 1.62. The lowest BCUT2D eigenvalue weighted by Crippen LogP contribution is -2.43. The van der Waals surface area contributed by atoms with Crippen LogP contribution in [0.5, 0.6) is 0 Å². The first kappa shape index (κ1) is 15.9. The number of thiophene rings is 1. The van der Waals surface area contributed by atoms with Gasteiger partial charge in [0, 0.05) is 18.6 Å². The average Bonchev–Trinajstić information content (AvgIpc) is 2.86. The Hall–Kier alpha value is 0.0500. The second-order valence-electron chi connectivity index (χ2n) is 6.26. The summed E-state index contributed by atoms with van der Waals surface area (Å²) in [6, 6.07) is 3.03. The molecule has 2 unspecified atom stereocenters. The molecule has 4 nitrogen and oxygen atoms in total. The molecule has 0 radical (unpaired) electrons. The van der Waals surface area contributed by atoms with Gasteiger partial charge in [-0.1, -0.05) is 0 Å². The molecule has 3 heterocycles. The van der Waals surface area contributed by atoms with Crippen LogP contribution in [-0.2, 0) is 10.0 Å². The molecule has 1 N–H and O–H groups in total. The Bertz CT molecular complexity index is 595. The van der Waals surface area contributed by atoms with E-state index in [4.69, 9.17) is 0 Å². The van der Waals surface area contributed by atoms with Crippen molar-refractivity contribution in [2.75, 3.05) is 13.6 Å². The minimum Gasteiger partial charge on any atom is -0.300 e.